The SMILES string of the molecule is CCNC1CC(C)CCC1C(C)(C)c1sccc1Br. The largest absolute Gasteiger partial charge is 0.314 e. The summed E-state index contributed by atoms with van der Waals surface area (Å²) in [4.78, 5) is 1.51. The molecule has 1 saturated carbocycles. The van der Waals surface area contributed by atoms with Gasteiger partial charge < -0.3 is 5.32 Å². The maximum Gasteiger partial charge on any atom is 0.0320 e. The molecule has 0 radical (unpaired) electrons. The lowest BCUT2D eigenvalue weighted by Crippen LogP contribution is -2.48. The van der Waals surface area contributed by atoms with E-state index in [-0.39, 0.29) is 5.41 Å². The second-order valence-corrected chi connectivity index (χ2v) is 8.28. The predicted octanol–water partition coefficient (Wildman–Crippen LogP) is 5.20. The first-order valence-electron chi connectivity index (χ1n) is 7.43. The third kappa shape index (κ3) is 3.25. The first kappa shape index (κ1) is 15.5. The fourth-order valence-corrected chi connectivity index (χ4v) is 5.73. The van der Waals surface area contributed by atoms with Crippen LogP contribution < -0.4 is 5.32 Å². The minimum absolute atomic E-state index is 0.250. The van der Waals surface area contributed by atoms with E-state index in [0.717, 1.165) is 18.4 Å². The van der Waals surface area contributed by atoms with Crippen molar-refractivity contribution in [2.45, 2.75) is 58.4 Å². The van der Waals surface area contributed by atoms with E-state index in [0.29, 0.717) is 6.04 Å². The molecule has 1 heterocycles. The third-order valence-electron chi connectivity index (χ3n) is 4.71. The Bertz CT molecular complexity index is 413. The van der Waals surface area contributed by atoms with Gasteiger partial charge >= 0.3 is 0 Å². The summed E-state index contributed by atoms with van der Waals surface area (Å²) in [5, 5.41) is 5.95. The molecule has 1 aliphatic rings. The van der Waals surface area contributed by atoms with Crippen molar-refractivity contribution in [2.75, 3.05) is 6.54 Å². The van der Waals surface area contributed by atoms with Gasteiger partial charge in [-0.15, -0.1) is 11.3 Å². The second-order valence-electron chi connectivity index (χ2n) is 6.51. The van der Waals surface area contributed by atoms with Gasteiger partial charge in [-0.05, 0) is 58.6 Å². The van der Waals surface area contributed by atoms with Crippen LogP contribution in [0.1, 0.15) is 51.8 Å². The molecule has 3 heteroatoms. The number of nitrogens with one attached hydrogen (secondary N) is 1. The van der Waals surface area contributed by atoms with Crippen molar-refractivity contribution < 1.29 is 0 Å². The highest BCUT2D eigenvalue weighted by atomic mass is 79.9. The highest BCUT2D eigenvalue weighted by molar-refractivity contribution is 9.10. The van der Waals surface area contributed by atoms with Gasteiger partial charge in [0.05, 0.1) is 0 Å². The summed E-state index contributed by atoms with van der Waals surface area (Å²) in [6, 6.07) is 2.85. The van der Waals surface area contributed by atoms with Crippen LogP contribution in [0.15, 0.2) is 15.9 Å². The van der Waals surface area contributed by atoms with Crippen LogP contribution in [0.25, 0.3) is 0 Å². The minimum Gasteiger partial charge on any atom is -0.314 e. The fourth-order valence-electron chi connectivity index (χ4n) is 3.65. The Hall–Kier alpha value is 0.140. The molecule has 3 atom stereocenters. The second kappa shape index (κ2) is 6.28. The Morgan fingerprint density at radius 2 is 2.16 bits per heavy atom. The van der Waals surface area contributed by atoms with Crippen LogP contribution >= 0.6 is 27.3 Å². The number of halogens is 1. The molecular weight excluding hydrogens is 318 g/mol. The van der Waals surface area contributed by atoms with Gasteiger partial charge in [0.25, 0.3) is 0 Å². The third-order valence-corrected chi connectivity index (χ3v) is 6.89. The maximum atomic E-state index is 3.74. The average molecular weight is 344 g/mol. The van der Waals surface area contributed by atoms with Crippen LogP contribution in [-0.2, 0) is 5.41 Å². The molecule has 1 N–H and O–H groups in total. The topological polar surface area (TPSA) is 12.0 Å². The number of hydrogen-bond acceptors (Lipinski definition) is 2. The van der Waals surface area contributed by atoms with E-state index in [1.54, 1.807) is 0 Å². The maximum absolute atomic E-state index is 3.74. The zero-order valence-corrected chi connectivity index (χ0v) is 14.9. The van der Waals surface area contributed by atoms with Crippen molar-refractivity contribution >= 4 is 27.3 Å². The quantitative estimate of drug-likeness (QED) is 0.791. The Morgan fingerprint density at radius 1 is 1.42 bits per heavy atom. The van der Waals surface area contributed by atoms with Gasteiger partial charge in [0.15, 0.2) is 0 Å². The van der Waals surface area contributed by atoms with Crippen molar-refractivity contribution in [3.63, 3.8) is 0 Å². The lowest BCUT2D eigenvalue weighted by molar-refractivity contribution is 0.148. The smallest absolute Gasteiger partial charge is 0.0320 e. The van der Waals surface area contributed by atoms with E-state index in [2.05, 4.69) is 60.4 Å². The minimum atomic E-state index is 0.250. The summed E-state index contributed by atoms with van der Waals surface area (Å²) < 4.78 is 1.29. The van der Waals surface area contributed by atoms with Gasteiger partial charge in [-0.1, -0.05) is 34.1 Å². The standard InChI is InChI=1S/C16H26BrNS/c1-5-18-14-10-11(2)6-7-12(14)16(3,4)15-13(17)8-9-19-15/h8-9,11-12,14,18H,5-7,10H2,1-4H3. The molecule has 108 valence electrons. The average Bonchev–Trinajstić information content (AvgIpc) is 2.76. The van der Waals surface area contributed by atoms with E-state index >= 15 is 0 Å². The Balaban J connectivity index is 2.24. The van der Waals surface area contributed by atoms with Crippen LogP contribution in [0.2, 0.25) is 0 Å². The molecule has 19 heavy (non-hydrogen) atoms. The summed E-state index contributed by atoms with van der Waals surface area (Å²) in [5.41, 5.74) is 0.250. The summed E-state index contributed by atoms with van der Waals surface area (Å²) in [7, 11) is 0. The van der Waals surface area contributed by atoms with Crippen molar-refractivity contribution in [1.29, 1.82) is 0 Å². The van der Waals surface area contributed by atoms with Gasteiger partial charge in [0.2, 0.25) is 0 Å². The first-order chi connectivity index (χ1) is 8.96. The molecule has 1 fully saturated rings. The molecule has 0 amide bonds. The van der Waals surface area contributed by atoms with Crippen LogP contribution in [0, 0.1) is 11.8 Å². The molecule has 1 nitrogen and oxygen atoms in total. The van der Waals surface area contributed by atoms with Gasteiger partial charge in [-0.25, -0.2) is 0 Å². The van der Waals surface area contributed by atoms with E-state index in [9.17, 15) is 0 Å². The summed E-state index contributed by atoms with van der Waals surface area (Å²) in [5.74, 6) is 1.60. The Labute approximate surface area is 130 Å². The molecule has 0 spiro atoms. The van der Waals surface area contributed by atoms with Crippen LogP contribution in [0.4, 0.5) is 0 Å². The van der Waals surface area contributed by atoms with Gasteiger partial charge in [-0.3, -0.25) is 0 Å². The number of hydrogen-bond donors (Lipinski definition) is 1. The molecule has 2 rings (SSSR count). The molecule has 0 aliphatic heterocycles. The van der Waals surface area contributed by atoms with Crippen LogP contribution in [0.3, 0.4) is 0 Å². The van der Waals surface area contributed by atoms with Crippen LogP contribution in [-0.4, -0.2) is 12.6 Å². The van der Waals surface area contributed by atoms with Crippen molar-refractivity contribution in [3.05, 3.63) is 20.8 Å². The Morgan fingerprint density at radius 3 is 2.74 bits per heavy atom. The fraction of sp³-hybridized carbons (Fsp3) is 0.750. The van der Waals surface area contributed by atoms with E-state index < -0.39 is 0 Å². The summed E-state index contributed by atoms with van der Waals surface area (Å²) in [6.45, 7) is 10.6. The highest BCUT2D eigenvalue weighted by Gasteiger charge is 2.41. The normalized spacial score (nSPS) is 28.6. The molecule has 1 aliphatic carbocycles. The van der Waals surface area contributed by atoms with E-state index in [1.165, 1.54) is 28.6 Å². The van der Waals surface area contributed by atoms with Crippen LogP contribution in [0.5, 0.6) is 0 Å². The van der Waals surface area contributed by atoms with Crippen molar-refractivity contribution in [1.82, 2.24) is 5.32 Å². The van der Waals surface area contributed by atoms with Crippen molar-refractivity contribution in [2.24, 2.45) is 11.8 Å². The molecule has 3 unspecified atom stereocenters. The first-order valence-corrected chi connectivity index (χ1v) is 9.11. The van der Waals surface area contributed by atoms with Gasteiger partial charge in [0.1, 0.15) is 0 Å². The molecule has 0 saturated heterocycles. The summed E-state index contributed by atoms with van der Waals surface area (Å²) >= 11 is 5.63. The van der Waals surface area contributed by atoms with Gasteiger partial charge in [-0.2, -0.15) is 0 Å². The lowest BCUT2D eigenvalue weighted by atomic mass is 9.65. The summed E-state index contributed by atoms with van der Waals surface area (Å²) in [6.07, 6.45) is 4.04. The molecule has 1 aromatic heterocycles. The lowest BCUT2D eigenvalue weighted by Gasteiger charge is -2.44. The Kier molecular flexibility index (Phi) is 5.13. The number of thiophene rings is 1. The predicted molar refractivity (Wildman–Crippen MR) is 89.0 cm³/mol. The van der Waals surface area contributed by atoms with E-state index in [4.69, 9.17) is 0 Å². The van der Waals surface area contributed by atoms with Gasteiger partial charge in [0, 0.05) is 20.8 Å². The van der Waals surface area contributed by atoms with E-state index in [1.807, 2.05) is 11.3 Å². The highest BCUT2D eigenvalue weighted by Crippen LogP contribution is 2.46. The molecule has 0 aromatic carbocycles. The van der Waals surface area contributed by atoms with Crippen molar-refractivity contribution in [3.8, 4) is 0 Å². The monoisotopic (exact) mass is 343 g/mol. The molecular formula is C16H26BrNS. The number of rotatable bonds is 4. The molecule has 1 aromatic rings. The zero-order valence-electron chi connectivity index (χ0n) is 12.5. The molecule has 0 bridgehead atoms. The zero-order chi connectivity index (χ0) is 14.0.